The number of carbonyl (C=O) groups is 1. The van der Waals surface area contributed by atoms with Crippen LogP contribution in [0.25, 0.3) is 0 Å². The number of ether oxygens (including phenoxy) is 2. The highest BCUT2D eigenvalue weighted by Crippen LogP contribution is 2.20. The highest BCUT2D eigenvalue weighted by molar-refractivity contribution is 6.03. The Morgan fingerprint density at radius 2 is 1.96 bits per heavy atom. The van der Waals surface area contributed by atoms with Crippen LogP contribution in [0.15, 0.2) is 60.9 Å². The summed E-state index contributed by atoms with van der Waals surface area (Å²) < 4.78 is 36.0. The zero-order valence-corrected chi connectivity index (χ0v) is 14.4. The number of anilines is 1. The van der Waals surface area contributed by atoms with Gasteiger partial charge in [-0.05, 0) is 42.0 Å². The van der Waals surface area contributed by atoms with E-state index < -0.39 is 6.61 Å². The van der Waals surface area contributed by atoms with Gasteiger partial charge >= 0.3 is 6.61 Å². The van der Waals surface area contributed by atoms with E-state index in [0.29, 0.717) is 22.6 Å². The lowest BCUT2D eigenvalue weighted by Gasteiger charge is -2.09. The van der Waals surface area contributed by atoms with Crippen LogP contribution in [0, 0.1) is 0 Å². The van der Waals surface area contributed by atoms with E-state index in [4.69, 9.17) is 4.74 Å². The zero-order valence-electron chi connectivity index (χ0n) is 14.4. The first-order chi connectivity index (χ1) is 13.0. The molecular formula is C19H17F2N3O3. The SMILES string of the molecule is Cn1cc(C(=O)Nc2ccc(OCc3cccc(OC(F)F)c3)cc2)cn1. The van der Waals surface area contributed by atoms with Crippen LogP contribution in [0.4, 0.5) is 14.5 Å². The van der Waals surface area contributed by atoms with E-state index in [1.807, 2.05) is 0 Å². The molecule has 3 aromatic rings. The second kappa shape index (κ2) is 8.31. The molecule has 1 N–H and O–H groups in total. The molecule has 8 heteroatoms. The molecule has 1 amide bonds. The third-order valence-electron chi connectivity index (χ3n) is 3.61. The van der Waals surface area contributed by atoms with Crippen LogP contribution in [0.1, 0.15) is 15.9 Å². The Morgan fingerprint density at radius 3 is 2.63 bits per heavy atom. The van der Waals surface area contributed by atoms with Crippen molar-refractivity contribution < 1.29 is 23.0 Å². The van der Waals surface area contributed by atoms with Crippen LogP contribution in [0.2, 0.25) is 0 Å². The van der Waals surface area contributed by atoms with Crippen molar-refractivity contribution in [1.29, 1.82) is 0 Å². The maximum absolute atomic E-state index is 12.3. The van der Waals surface area contributed by atoms with E-state index >= 15 is 0 Å². The Balaban J connectivity index is 1.55. The van der Waals surface area contributed by atoms with Gasteiger partial charge in [-0.25, -0.2) is 0 Å². The number of nitrogens with one attached hydrogen (secondary N) is 1. The Bertz CT molecular complexity index is 911. The third kappa shape index (κ3) is 5.27. The van der Waals surface area contributed by atoms with Crippen LogP contribution in [-0.4, -0.2) is 22.3 Å². The van der Waals surface area contributed by atoms with E-state index in [-0.39, 0.29) is 18.3 Å². The van der Waals surface area contributed by atoms with E-state index in [0.717, 1.165) is 0 Å². The minimum atomic E-state index is -2.87. The molecule has 0 aliphatic rings. The minimum absolute atomic E-state index is 0.0829. The number of amides is 1. The predicted octanol–water partition coefficient (Wildman–Crippen LogP) is 3.85. The summed E-state index contributed by atoms with van der Waals surface area (Å²) in [4.78, 5) is 12.1. The molecule has 0 radical (unpaired) electrons. The number of nitrogens with zero attached hydrogens (tertiary/aromatic N) is 2. The summed E-state index contributed by atoms with van der Waals surface area (Å²) in [6.45, 7) is -2.67. The zero-order chi connectivity index (χ0) is 19.2. The van der Waals surface area contributed by atoms with Crippen LogP contribution in [-0.2, 0) is 13.7 Å². The lowest BCUT2D eigenvalue weighted by Crippen LogP contribution is -2.10. The van der Waals surface area contributed by atoms with Gasteiger partial charge in [-0.15, -0.1) is 0 Å². The molecule has 140 valence electrons. The molecule has 0 spiro atoms. The fourth-order valence-electron chi connectivity index (χ4n) is 2.35. The monoisotopic (exact) mass is 373 g/mol. The van der Waals surface area contributed by atoms with Crippen LogP contribution in [0.3, 0.4) is 0 Å². The Hall–Kier alpha value is -3.42. The summed E-state index contributed by atoms with van der Waals surface area (Å²) in [6.07, 6.45) is 3.11. The van der Waals surface area contributed by atoms with Gasteiger partial charge in [0.05, 0.1) is 11.8 Å². The van der Waals surface area contributed by atoms with Gasteiger partial charge in [0.15, 0.2) is 0 Å². The fraction of sp³-hybridized carbons (Fsp3) is 0.158. The second-order valence-electron chi connectivity index (χ2n) is 5.70. The molecule has 0 bridgehead atoms. The maximum Gasteiger partial charge on any atom is 0.387 e. The van der Waals surface area contributed by atoms with Crippen LogP contribution >= 0.6 is 0 Å². The van der Waals surface area contributed by atoms with Gasteiger partial charge in [-0.3, -0.25) is 9.48 Å². The molecule has 3 rings (SSSR count). The average Bonchev–Trinajstić information content (AvgIpc) is 3.07. The molecule has 0 atom stereocenters. The summed E-state index contributed by atoms with van der Waals surface area (Å²) in [5.41, 5.74) is 1.77. The average molecular weight is 373 g/mol. The summed E-state index contributed by atoms with van der Waals surface area (Å²) in [5, 5.41) is 6.72. The quantitative estimate of drug-likeness (QED) is 0.683. The lowest BCUT2D eigenvalue weighted by atomic mass is 10.2. The summed E-state index contributed by atoms with van der Waals surface area (Å²) in [7, 11) is 1.73. The fourth-order valence-corrected chi connectivity index (χ4v) is 2.35. The van der Waals surface area contributed by atoms with E-state index in [1.54, 1.807) is 54.3 Å². The van der Waals surface area contributed by atoms with Gasteiger partial charge in [-0.1, -0.05) is 12.1 Å². The van der Waals surface area contributed by atoms with Gasteiger partial charge in [0.25, 0.3) is 5.91 Å². The van der Waals surface area contributed by atoms with Gasteiger partial charge in [0, 0.05) is 18.9 Å². The maximum atomic E-state index is 12.3. The van der Waals surface area contributed by atoms with Crippen LogP contribution in [0.5, 0.6) is 11.5 Å². The van der Waals surface area contributed by atoms with Gasteiger partial charge < -0.3 is 14.8 Å². The topological polar surface area (TPSA) is 65.4 Å². The molecule has 0 saturated heterocycles. The molecule has 27 heavy (non-hydrogen) atoms. The molecule has 6 nitrogen and oxygen atoms in total. The van der Waals surface area contributed by atoms with Crippen molar-refractivity contribution in [2.45, 2.75) is 13.2 Å². The number of aryl methyl sites for hydroxylation is 1. The number of rotatable bonds is 7. The number of hydrogen-bond acceptors (Lipinski definition) is 4. The molecule has 2 aromatic carbocycles. The normalized spacial score (nSPS) is 10.7. The highest BCUT2D eigenvalue weighted by Gasteiger charge is 2.08. The van der Waals surface area contributed by atoms with Crippen LogP contribution < -0.4 is 14.8 Å². The number of aromatic nitrogens is 2. The van der Waals surface area contributed by atoms with Crippen molar-refractivity contribution in [1.82, 2.24) is 9.78 Å². The van der Waals surface area contributed by atoms with Gasteiger partial charge in [0.1, 0.15) is 18.1 Å². The molecule has 1 heterocycles. The van der Waals surface area contributed by atoms with Gasteiger partial charge in [-0.2, -0.15) is 13.9 Å². The molecule has 0 aliphatic heterocycles. The molecule has 0 unspecified atom stereocenters. The van der Waals surface area contributed by atoms with Crippen molar-refractivity contribution in [2.75, 3.05) is 5.32 Å². The van der Waals surface area contributed by atoms with Crippen molar-refractivity contribution >= 4 is 11.6 Å². The minimum Gasteiger partial charge on any atom is -0.489 e. The first-order valence-electron chi connectivity index (χ1n) is 8.06. The lowest BCUT2D eigenvalue weighted by molar-refractivity contribution is -0.0499. The molecular weight excluding hydrogens is 356 g/mol. The number of carbonyl (C=O) groups excluding carboxylic acids is 1. The van der Waals surface area contributed by atoms with Crippen molar-refractivity contribution in [2.24, 2.45) is 7.05 Å². The molecule has 0 saturated carbocycles. The Kier molecular flexibility index (Phi) is 5.65. The van der Waals surface area contributed by atoms with Crippen molar-refractivity contribution in [3.63, 3.8) is 0 Å². The summed E-state index contributed by atoms with van der Waals surface area (Å²) in [6, 6.07) is 13.1. The molecule has 1 aromatic heterocycles. The Labute approximate surface area is 154 Å². The number of halogens is 2. The van der Waals surface area contributed by atoms with Crippen molar-refractivity contribution in [3.8, 4) is 11.5 Å². The predicted molar refractivity (Wildman–Crippen MR) is 95.0 cm³/mol. The number of alkyl halides is 2. The van der Waals surface area contributed by atoms with E-state index in [1.165, 1.54) is 18.3 Å². The van der Waals surface area contributed by atoms with E-state index in [9.17, 15) is 13.6 Å². The summed E-state index contributed by atoms with van der Waals surface area (Å²) in [5.74, 6) is 0.404. The largest absolute Gasteiger partial charge is 0.489 e. The Morgan fingerprint density at radius 1 is 1.19 bits per heavy atom. The van der Waals surface area contributed by atoms with Crippen molar-refractivity contribution in [3.05, 3.63) is 72.1 Å². The smallest absolute Gasteiger partial charge is 0.387 e. The number of benzene rings is 2. The first-order valence-corrected chi connectivity index (χ1v) is 8.06. The van der Waals surface area contributed by atoms with Gasteiger partial charge in [0.2, 0.25) is 0 Å². The summed E-state index contributed by atoms with van der Waals surface area (Å²) >= 11 is 0. The molecule has 0 fully saturated rings. The molecule has 0 aliphatic carbocycles. The number of hydrogen-bond donors (Lipinski definition) is 1. The van der Waals surface area contributed by atoms with E-state index in [2.05, 4.69) is 15.2 Å². The third-order valence-corrected chi connectivity index (χ3v) is 3.61. The second-order valence-corrected chi connectivity index (χ2v) is 5.70. The highest BCUT2D eigenvalue weighted by atomic mass is 19.3. The first kappa shape index (κ1) is 18.4. The standard InChI is InChI=1S/C19H17F2N3O3/c1-24-11-14(10-22-24)18(25)23-15-5-7-16(8-6-15)26-12-13-3-2-4-17(9-13)27-19(20)21/h2-11,19H,12H2,1H3,(H,23,25).